The average molecular weight is 471 g/mol. The van der Waals surface area contributed by atoms with Gasteiger partial charge in [-0.25, -0.2) is 9.97 Å². The van der Waals surface area contributed by atoms with E-state index >= 15 is 0 Å². The Balaban J connectivity index is 1.48. The van der Waals surface area contributed by atoms with Crippen LogP contribution in [-0.4, -0.2) is 27.0 Å². The highest BCUT2D eigenvalue weighted by Gasteiger charge is 2.16. The second-order valence-corrected chi connectivity index (χ2v) is 8.08. The number of halogens is 1. The lowest BCUT2D eigenvalue weighted by atomic mass is 10.1. The van der Waals surface area contributed by atoms with E-state index in [1.165, 1.54) is 6.33 Å². The van der Waals surface area contributed by atoms with E-state index in [0.717, 1.165) is 44.9 Å². The van der Waals surface area contributed by atoms with Gasteiger partial charge in [-0.1, -0.05) is 48.5 Å². The summed E-state index contributed by atoms with van der Waals surface area (Å²) in [6.07, 6.45) is 3.50. The molecule has 0 aliphatic carbocycles. The van der Waals surface area contributed by atoms with Crippen molar-refractivity contribution in [2.24, 2.45) is 0 Å². The maximum absolute atomic E-state index is 6.29. The monoisotopic (exact) mass is 470 g/mol. The molecule has 0 unspecified atom stereocenters. The predicted molar refractivity (Wildman–Crippen MR) is 136 cm³/mol. The number of rotatable bonds is 8. The summed E-state index contributed by atoms with van der Waals surface area (Å²) < 4.78 is 13.6. The smallest absolute Gasteiger partial charge is 0.150 e. The molecule has 7 heteroatoms. The SMILES string of the molecule is Nc1ncnc2c1c(-c1ccc(OCc3ccccc3)cc1)cn2-c1cccc(OCCCl)c1. The minimum Gasteiger partial charge on any atom is -0.492 e. The van der Waals surface area contributed by atoms with E-state index in [1.54, 1.807) is 0 Å². The van der Waals surface area contributed by atoms with Crippen molar-refractivity contribution in [2.75, 3.05) is 18.2 Å². The molecule has 0 fully saturated rings. The summed E-state index contributed by atoms with van der Waals surface area (Å²) in [5, 5.41) is 0.799. The van der Waals surface area contributed by atoms with Crippen LogP contribution in [0.5, 0.6) is 11.5 Å². The third-order valence-corrected chi connectivity index (χ3v) is 5.62. The predicted octanol–water partition coefficient (Wildman–Crippen LogP) is 5.87. The van der Waals surface area contributed by atoms with E-state index < -0.39 is 0 Å². The molecule has 0 aliphatic heterocycles. The molecule has 0 amide bonds. The standard InChI is InChI=1S/C27H23ClN4O2/c28-13-14-33-23-8-4-7-21(15-23)32-16-24(25-26(29)30-18-31-27(25)32)20-9-11-22(12-10-20)34-17-19-5-2-1-3-6-19/h1-12,15-16,18H,13-14,17H2,(H2,29,30,31). The van der Waals surface area contributed by atoms with Gasteiger partial charge in [0.25, 0.3) is 0 Å². The Hall–Kier alpha value is -4.03. The number of nitrogens with zero attached hydrogens (tertiary/aromatic N) is 3. The lowest BCUT2D eigenvalue weighted by Gasteiger charge is -2.08. The van der Waals surface area contributed by atoms with Gasteiger partial charge in [0.15, 0.2) is 5.65 Å². The number of ether oxygens (including phenoxy) is 2. The van der Waals surface area contributed by atoms with Crippen LogP contribution in [0.25, 0.3) is 27.8 Å². The van der Waals surface area contributed by atoms with Crippen LogP contribution in [-0.2, 0) is 6.61 Å². The van der Waals surface area contributed by atoms with E-state index in [9.17, 15) is 0 Å². The van der Waals surface area contributed by atoms with Gasteiger partial charge in [-0.2, -0.15) is 0 Å². The largest absolute Gasteiger partial charge is 0.492 e. The molecule has 5 aromatic rings. The fourth-order valence-corrected chi connectivity index (χ4v) is 3.93. The van der Waals surface area contributed by atoms with Crippen LogP contribution in [0.15, 0.2) is 91.4 Å². The van der Waals surface area contributed by atoms with E-state index in [4.69, 9.17) is 26.8 Å². The van der Waals surface area contributed by atoms with Gasteiger partial charge < -0.3 is 19.8 Å². The number of benzene rings is 3. The van der Waals surface area contributed by atoms with E-state index in [2.05, 4.69) is 9.97 Å². The zero-order valence-corrected chi connectivity index (χ0v) is 19.2. The van der Waals surface area contributed by atoms with Crippen molar-refractivity contribution in [3.8, 4) is 28.3 Å². The molecule has 3 aromatic carbocycles. The van der Waals surface area contributed by atoms with Crippen molar-refractivity contribution in [2.45, 2.75) is 6.61 Å². The maximum atomic E-state index is 6.29. The van der Waals surface area contributed by atoms with Crippen molar-refractivity contribution < 1.29 is 9.47 Å². The molecule has 0 aliphatic rings. The number of fused-ring (bicyclic) bond motifs is 1. The second-order valence-electron chi connectivity index (χ2n) is 7.70. The van der Waals surface area contributed by atoms with Crippen LogP contribution in [0.2, 0.25) is 0 Å². The van der Waals surface area contributed by atoms with Gasteiger partial charge in [-0.15, -0.1) is 11.6 Å². The number of anilines is 1. The molecular weight excluding hydrogens is 448 g/mol. The quantitative estimate of drug-likeness (QED) is 0.287. The molecule has 2 N–H and O–H groups in total. The number of aromatic nitrogens is 3. The fourth-order valence-electron chi connectivity index (χ4n) is 3.85. The van der Waals surface area contributed by atoms with Crippen molar-refractivity contribution in [3.05, 3.63) is 97.0 Å². The Labute approximate surface area is 202 Å². The normalized spacial score (nSPS) is 11.0. The first kappa shape index (κ1) is 21.8. The number of nitrogens with two attached hydrogens (primary N) is 1. The fraction of sp³-hybridized carbons (Fsp3) is 0.111. The highest BCUT2D eigenvalue weighted by molar-refractivity contribution is 6.18. The summed E-state index contributed by atoms with van der Waals surface area (Å²) in [4.78, 5) is 8.75. The first-order chi connectivity index (χ1) is 16.7. The van der Waals surface area contributed by atoms with Gasteiger partial charge in [0, 0.05) is 17.8 Å². The summed E-state index contributed by atoms with van der Waals surface area (Å²) in [5.74, 6) is 2.39. The summed E-state index contributed by atoms with van der Waals surface area (Å²) in [7, 11) is 0. The van der Waals surface area contributed by atoms with Crippen LogP contribution in [0.3, 0.4) is 0 Å². The molecule has 0 saturated carbocycles. The molecule has 2 heterocycles. The number of nitrogen functional groups attached to an aromatic ring is 1. The Bertz CT molecular complexity index is 1400. The molecule has 0 bridgehead atoms. The molecule has 0 atom stereocenters. The summed E-state index contributed by atoms with van der Waals surface area (Å²) >= 11 is 5.77. The van der Waals surface area contributed by atoms with Gasteiger partial charge in [0.1, 0.15) is 36.9 Å². The molecule has 5 rings (SSSR count). The Morgan fingerprint density at radius 1 is 0.853 bits per heavy atom. The van der Waals surface area contributed by atoms with Crippen LogP contribution in [0.1, 0.15) is 5.56 Å². The lowest BCUT2D eigenvalue weighted by molar-refractivity contribution is 0.306. The van der Waals surface area contributed by atoms with Crippen LogP contribution >= 0.6 is 11.6 Å². The van der Waals surface area contributed by atoms with Crippen molar-refractivity contribution in [3.63, 3.8) is 0 Å². The molecule has 6 nitrogen and oxygen atoms in total. The van der Waals surface area contributed by atoms with Crippen molar-refractivity contribution in [1.29, 1.82) is 0 Å². The highest BCUT2D eigenvalue weighted by atomic mass is 35.5. The van der Waals surface area contributed by atoms with Gasteiger partial charge in [-0.05, 0) is 35.4 Å². The first-order valence-electron chi connectivity index (χ1n) is 10.9. The lowest BCUT2D eigenvalue weighted by Crippen LogP contribution is -2.00. The van der Waals surface area contributed by atoms with Crippen molar-refractivity contribution >= 4 is 28.5 Å². The number of hydrogen-bond acceptors (Lipinski definition) is 5. The molecule has 34 heavy (non-hydrogen) atoms. The molecule has 0 radical (unpaired) electrons. The molecule has 0 saturated heterocycles. The third kappa shape index (κ3) is 4.54. The van der Waals surface area contributed by atoms with E-state index in [1.807, 2.05) is 89.6 Å². The summed E-state index contributed by atoms with van der Waals surface area (Å²) in [6, 6.07) is 25.8. The Kier molecular flexibility index (Phi) is 6.31. The minimum atomic E-state index is 0.426. The van der Waals surface area contributed by atoms with Crippen LogP contribution in [0, 0.1) is 0 Å². The summed E-state index contributed by atoms with van der Waals surface area (Å²) in [5.41, 5.74) is 11.0. The topological polar surface area (TPSA) is 75.2 Å². The molecule has 170 valence electrons. The van der Waals surface area contributed by atoms with Crippen LogP contribution in [0.4, 0.5) is 5.82 Å². The molecule has 2 aromatic heterocycles. The zero-order chi connectivity index (χ0) is 23.3. The highest BCUT2D eigenvalue weighted by Crippen LogP contribution is 2.35. The van der Waals surface area contributed by atoms with Gasteiger partial charge in [0.05, 0.1) is 17.0 Å². The average Bonchev–Trinajstić information content (AvgIpc) is 3.28. The Morgan fingerprint density at radius 2 is 1.68 bits per heavy atom. The molecule has 0 spiro atoms. The second kappa shape index (κ2) is 9.85. The minimum absolute atomic E-state index is 0.426. The molecular formula is C27H23ClN4O2. The maximum Gasteiger partial charge on any atom is 0.150 e. The van der Waals surface area contributed by atoms with E-state index in [-0.39, 0.29) is 0 Å². The van der Waals surface area contributed by atoms with Gasteiger partial charge in [0.2, 0.25) is 0 Å². The van der Waals surface area contributed by atoms with Crippen molar-refractivity contribution in [1.82, 2.24) is 14.5 Å². The number of hydrogen-bond donors (Lipinski definition) is 1. The van der Waals surface area contributed by atoms with E-state index in [0.29, 0.717) is 24.9 Å². The number of alkyl halides is 1. The summed E-state index contributed by atoms with van der Waals surface area (Å²) in [6.45, 7) is 0.957. The van der Waals surface area contributed by atoms with Gasteiger partial charge in [-0.3, -0.25) is 0 Å². The van der Waals surface area contributed by atoms with Crippen LogP contribution < -0.4 is 15.2 Å². The van der Waals surface area contributed by atoms with Gasteiger partial charge >= 0.3 is 0 Å². The first-order valence-corrected chi connectivity index (χ1v) is 11.4. The Morgan fingerprint density at radius 3 is 2.47 bits per heavy atom. The zero-order valence-electron chi connectivity index (χ0n) is 18.4. The third-order valence-electron chi connectivity index (χ3n) is 5.47.